The fraction of sp³-hybridized carbons (Fsp3) is 0.417. The molecular formula is C12H14BrClFNO. The third-order valence-electron chi connectivity index (χ3n) is 2.27. The first-order valence-electron chi connectivity index (χ1n) is 5.15. The lowest BCUT2D eigenvalue weighted by Gasteiger charge is -2.22. The molecule has 1 rings (SSSR count). The summed E-state index contributed by atoms with van der Waals surface area (Å²) in [4.78, 5) is 11.8. The van der Waals surface area contributed by atoms with E-state index in [0.29, 0.717) is 12.1 Å². The Morgan fingerprint density at radius 2 is 2.18 bits per heavy atom. The average Bonchev–Trinajstić information content (AvgIpc) is 2.26. The first-order valence-corrected chi connectivity index (χ1v) is 6.65. The highest BCUT2D eigenvalue weighted by Crippen LogP contribution is 2.19. The Kier molecular flexibility index (Phi) is 4.95. The molecule has 0 fully saturated rings. The van der Waals surface area contributed by atoms with Crippen molar-refractivity contribution in [2.75, 3.05) is 11.9 Å². The highest BCUT2D eigenvalue weighted by atomic mass is 79.9. The quantitative estimate of drug-likeness (QED) is 0.843. The predicted octanol–water partition coefficient (Wildman–Crippen LogP) is 3.63. The minimum absolute atomic E-state index is 0.0395. The summed E-state index contributed by atoms with van der Waals surface area (Å²) in [5.74, 6) is -0.739. The van der Waals surface area contributed by atoms with Crippen molar-refractivity contribution in [3.05, 3.63) is 34.6 Å². The Morgan fingerprint density at radius 3 is 2.71 bits per heavy atom. The van der Waals surface area contributed by atoms with E-state index in [2.05, 4.69) is 21.2 Å². The molecule has 17 heavy (non-hydrogen) atoms. The number of rotatable bonds is 4. The van der Waals surface area contributed by atoms with Gasteiger partial charge in [-0.3, -0.25) is 4.79 Å². The number of halogens is 3. The van der Waals surface area contributed by atoms with Gasteiger partial charge in [-0.15, -0.1) is 0 Å². The number of hydrogen-bond donors (Lipinski definition) is 1. The van der Waals surface area contributed by atoms with E-state index in [1.165, 1.54) is 12.1 Å². The molecule has 0 aliphatic carbocycles. The van der Waals surface area contributed by atoms with Crippen LogP contribution in [-0.2, 0) is 0 Å². The number of amides is 1. The van der Waals surface area contributed by atoms with Gasteiger partial charge in [0.2, 0.25) is 0 Å². The third-order valence-corrected chi connectivity index (χ3v) is 4.10. The van der Waals surface area contributed by atoms with Crippen LogP contribution >= 0.6 is 27.5 Å². The molecule has 0 aromatic heterocycles. The molecular weight excluding hydrogens is 308 g/mol. The number of benzene rings is 1. The van der Waals surface area contributed by atoms with E-state index in [0.717, 1.165) is 11.4 Å². The van der Waals surface area contributed by atoms with Crippen molar-refractivity contribution in [2.24, 2.45) is 5.41 Å². The maximum absolute atomic E-state index is 12.8. The Bertz CT molecular complexity index is 423. The van der Waals surface area contributed by atoms with Crippen molar-refractivity contribution in [1.29, 1.82) is 0 Å². The zero-order chi connectivity index (χ0) is 13.1. The van der Waals surface area contributed by atoms with E-state index >= 15 is 0 Å². The van der Waals surface area contributed by atoms with Gasteiger partial charge in [0.15, 0.2) is 0 Å². The minimum atomic E-state index is -0.452. The monoisotopic (exact) mass is 321 g/mol. The zero-order valence-electron chi connectivity index (χ0n) is 9.69. The fourth-order valence-corrected chi connectivity index (χ4v) is 1.59. The van der Waals surface area contributed by atoms with Crippen molar-refractivity contribution in [3.63, 3.8) is 0 Å². The lowest BCUT2D eigenvalue weighted by molar-refractivity contribution is 0.0940. The van der Waals surface area contributed by atoms with Gasteiger partial charge in [-0.2, -0.15) is 0 Å². The molecule has 0 spiro atoms. The van der Waals surface area contributed by atoms with E-state index in [4.69, 9.17) is 11.6 Å². The van der Waals surface area contributed by atoms with Gasteiger partial charge in [0, 0.05) is 11.9 Å². The molecule has 2 nitrogen and oxygen atoms in total. The van der Waals surface area contributed by atoms with E-state index in [-0.39, 0.29) is 16.3 Å². The van der Waals surface area contributed by atoms with Crippen LogP contribution in [-0.4, -0.2) is 17.8 Å². The van der Waals surface area contributed by atoms with Crippen LogP contribution in [0.5, 0.6) is 0 Å². The van der Waals surface area contributed by atoms with Crippen molar-refractivity contribution in [1.82, 2.24) is 5.32 Å². The summed E-state index contributed by atoms with van der Waals surface area (Å²) < 4.78 is 12.8. The normalized spacial score (nSPS) is 11.4. The molecule has 0 saturated heterocycles. The van der Waals surface area contributed by atoms with E-state index in [1.54, 1.807) is 0 Å². The van der Waals surface area contributed by atoms with Crippen LogP contribution < -0.4 is 5.32 Å². The first kappa shape index (κ1) is 14.5. The summed E-state index contributed by atoms with van der Waals surface area (Å²) in [5, 5.41) is 3.67. The Labute approximate surface area is 114 Å². The summed E-state index contributed by atoms with van der Waals surface area (Å²) in [5.41, 5.74) is 0.251. The summed E-state index contributed by atoms with van der Waals surface area (Å²) in [6, 6.07) is 3.73. The van der Waals surface area contributed by atoms with E-state index < -0.39 is 5.82 Å². The largest absolute Gasteiger partial charge is 0.351 e. The van der Waals surface area contributed by atoms with Crippen molar-refractivity contribution >= 4 is 33.4 Å². The average molecular weight is 323 g/mol. The molecule has 0 bridgehead atoms. The smallest absolute Gasteiger partial charge is 0.252 e. The second-order valence-electron chi connectivity index (χ2n) is 4.60. The molecule has 94 valence electrons. The van der Waals surface area contributed by atoms with Crippen molar-refractivity contribution in [3.8, 4) is 0 Å². The molecule has 0 heterocycles. The lowest BCUT2D eigenvalue weighted by Crippen LogP contribution is -2.35. The fourth-order valence-electron chi connectivity index (χ4n) is 1.14. The number of hydrogen-bond acceptors (Lipinski definition) is 1. The first-order chi connectivity index (χ1) is 7.85. The molecule has 0 unspecified atom stereocenters. The number of alkyl halides is 1. The van der Waals surface area contributed by atoms with Crippen molar-refractivity contribution < 1.29 is 9.18 Å². The molecule has 1 N–H and O–H groups in total. The van der Waals surface area contributed by atoms with Gasteiger partial charge in [-0.1, -0.05) is 41.4 Å². The summed E-state index contributed by atoms with van der Waals surface area (Å²) >= 11 is 9.17. The Balaban J connectivity index is 2.71. The van der Waals surface area contributed by atoms with E-state index in [9.17, 15) is 9.18 Å². The maximum Gasteiger partial charge on any atom is 0.252 e. The van der Waals surface area contributed by atoms with Gasteiger partial charge < -0.3 is 5.32 Å². The highest BCUT2D eigenvalue weighted by molar-refractivity contribution is 9.09. The van der Waals surface area contributed by atoms with Crippen LogP contribution in [0.25, 0.3) is 0 Å². The van der Waals surface area contributed by atoms with Crippen LogP contribution in [0.2, 0.25) is 5.02 Å². The number of carbonyl (C=O) groups excluding carboxylic acids is 1. The molecule has 0 aliphatic rings. The number of nitrogens with one attached hydrogen (secondary N) is 1. The van der Waals surface area contributed by atoms with E-state index in [1.807, 2.05) is 13.8 Å². The number of carbonyl (C=O) groups is 1. The molecule has 5 heteroatoms. The summed E-state index contributed by atoms with van der Waals surface area (Å²) in [6.07, 6.45) is 0. The molecule has 1 aromatic carbocycles. The Morgan fingerprint density at radius 1 is 1.53 bits per heavy atom. The molecule has 1 aromatic rings. The third kappa shape index (κ3) is 4.28. The van der Waals surface area contributed by atoms with Crippen LogP contribution in [0.3, 0.4) is 0 Å². The molecule has 0 atom stereocenters. The molecule has 0 radical (unpaired) electrons. The van der Waals surface area contributed by atoms with Gasteiger partial charge >= 0.3 is 0 Å². The molecule has 1 amide bonds. The van der Waals surface area contributed by atoms with Gasteiger partial charge in [-0.05, 0) is 23.6 Å². The molecule has 0 saturated carbocycles. The maximum atomic E-state index is 12.8. The standard InChI is InChI=1S/C12H14BrClFNO/c1-12(2,6-13)7-16-11(17)9-4-3-8(15)5-10(9)14/h3-5H,6-7H2,1-2H3,(H,16,17). The second kappa shape index (κ2) is 5.83. The highest BCUT2D eigenvalue weighted by Gasteiger charge is 2.18. The van der Waals surface area contributed by atoms with Gasteiger partial charge in [0.1, 0.15) is 5.82 Å². The van der Waals surface area contributed by atoms with Crippen LogP contribution in [0.4, 0.5) is 4.39 Å². The Hall–Kier alpha value is -0.610. The second-order valence-corrected chi connectivity index (χ2v) is 5.57. The van der Waals surface area contributed by atoms with Crippen LogP contribution in [0.15, 0.2) is 18.2 Å². The van der Waals surface area contributed by atoms with Gasteiger partial charge in [0.25, 0.3) is 5.91 Å². The topological polar surface area (TPSA) is 29.1 Å². The predicted molar refractivity (Wildman–Crippen MR) is 71.3 cm³/mol. The summed E-state index contributed by atoms with van der Waals surface area (Å²) in [7, 11) is 0. The van der Waals surface area contributed by atoms with Crippen LogP contribution in [0.1, 0.15) is 24.2 Å². The van der Waals surface area contributed by atoms with Crippen LogP contribution in [0, 0.1) is 11.2 Å². The lowest BCUT2D eigenvalue weighted by atomic mass is 9.97. The zero-order valence-corrected chi connectivity index (χ0v) is 12.0. The van der Waals surface area contributed by atoms with Gasteiger partial charge in [0.05, 0.1) is 10.6 Å². The van der Waals surface area contributed by atoms with Crippen molar-refractivity contribution in [2.45, 2.75) is 13.8 Å². The minimum Gasteiger partial charge on any atom is -0.351 e. The van der Waals surface area contributed by atoms with Gasteiger partial charge in [-0.25, -0.2) is 4.39 Å². The SMILES string of the molecule is CC(C)(CBr)CNC(=O)c1ccc(F)cc1Cl. The molecule has 0 aliphatic heterocycles. The summed E-state index contributed by atoms with van der Waals surface area (Å²) in [6.45, 7) is 4.56.